The number of fused-ring (bicyclic) bond motifs is 1. The number of alkyl halides is 1. The lowest BCUT2D eigenvalue weighted by Gasteiger charge is -2.47. The molecule has 2 saturated heterocycles. The van der Waals surface area contributed by atoms with E-state index in [-0.39, 0.29) is 0 Å². The molecule has 100 valence electrons. The van der Waals surface area contributed by atoms with Gasteiger partial charge in [0.25, 0.3) is 0 Å². The van der Waals surface area contributed by atoms with Crippen LogP contribution in [0.2, 0.25) is 0 Å². The first kappa shape index (κ1) is 13.8. The van der Waals surface area contributed by atoms with Crippen LogP contribution in [0.4, 0.5) is 0 Å². The van der Waals surface area contributed by atoms with E-state index in [1.54, 1.807) is 0 Å². The summed E-state index contributed by atoms with van der Waals surface area (Å²) < 4.78 is 0. The quantitative estimate of drug-likeness (QED) is 0.740. The van der Waals surface area contributed by atoms with E-state index in [0.29, 0.717) is 5.41 Å². The van der Waals surface area contributed by atoms with Crippen molar-refractivity contribution >= 4 is 15.9 Å². The first-order valence-corrected chi connectivity index (χ1v) is 8.12. The van der Waals surface area contributed by atoms with Crippen molar-refractivity contribution < 1.29 is 0 Å². The summed E-state index contributed by atoms with van der Waals surface area (Å²) in [6.45, 7) is 9.90. The topological polar surface area (TPSA) is 6.48 Å². The van der Waals surface area contributed by atoms with Crippen LogP contribution in [-0.4, -0.2) is 54.4 Å². The van der Waals surface area contributed by atoms with Gasteiger partial charge in [0.15, 0.2) is 0 Å². The van der Waals surface area contributed by atoms with E-state index in [4.69, 9.17) is 0 Å². The zero-order valence-corrected chi connectivity index (χ0v) is 13.2. The van der Waals surface area contributed by atoms with Crippen molar-refractivity contribution in [3.8, 4) is 0 Å². The number of hydrogen-bond donors (Lipinski definition) is 0. The number of piperidine rings is 2. The second kappa shape index (κ2) is 5.58. The van der Waals surface area contributed by atoms with Gasteiger partial charge in [0.05, 0.1) is 0 Å². The maximum Gasteiger partial charge on any atom is 0.0145 e. The van der Waals surface area contributed by atoms with E-state index in [0.717, 1.165) is 17.3 Å². The largest absolute Gasteiger partial charge is 0.303 e. The molecule has 2 nitrogen and oxygen atoms in total. The van der Waals surface area contributed by atoms with Crippen LogP contribution in [0.25, 0.3) is 0 Å². The van der Waals surface area contributed by atoms with Gasteiger partial charge in [0.2, 0.25) is 0 Å². The third-order valence-electron chi connectivity index (χ3n) is 4.44. The van der Waals surface area contributed by atoms with Gasteiger partial charge in [0.1, 0.15) is 0 Å². The van der Waals surface area contributed by atoms with Gasteiger partial charge in [-0.3, -0.25) is 0 Å². The van der Waals surface area contributed by atoms with Crippen molar-refractivity contribution in [3.63, 3.8) is 0 Å². The highest BCUT2D eigenvalue weighted by Gasteiger charge is 2.35. The van der Waals surface area contributed by atoms with Crippen molar-refractivity contribution in [2.75, 3.05) is 38.6 Å². The minimum Gasteiger partial charge on any atom is -0.303 e. The fraction of sp³-hybridized carbons (Fsp3) is 1.00. The zero-order valence-electron chi connectivity index (χ0n) is 11.6. The Morgan fingerprint density at radius 3 is 2.71 bits per heavy atom. The Morgan fingerprint density at radius 1 is 1.24 bits per heavy atom. The highest BCUT2D eigenvalue weighted by Crippen LogP contribution is 2.31. The molecule has 2 fully saturated rings. The lowest BCUT2D eigenvalue weighted by atomic mass is 9.83. The van der Waals surface area contributed by atoms with Gasteiger partial charge in [0, 0.05) is 24.5 Å². The Balaban J connectivity index is 1.89. The molecule has 2 aliphatic rings. The molecule has 2 unspecified atom stereocenters. The minimum atomic E-state index is 0.410. The molecule has 0 aromatic rings. The number of halogens is 1. The summed E-state index contributed by atoms with van der Waals surface area (Å²) in [5.74, 6) is 0.925. The third kappa shape index (κ3) is 3.45. The Morgan fingerprint density at radius 2 is 2.00 bits per heavy atom. The lowest BCUT2D eigenvalue weighted by molar-refractivity contribution is 0.0268. The molecule has 2 rings (SSSR count). The Hall–Kier alpha value is 0.400. The van der Waals surface area contributed by atoms with Crippen LogP contribution in [0.15, 0.2) is 0 Å². The van der Waals surface area contributed by atoms with E-state index in [1.807, 2.05) is 0 Å². The van der Waals surface area contributed by atoms with E-state index >= 15 is 0 Å². The number of hydrogen-bond acceptors (Lipinski definition) is 2. The smallest absolute Gasteiger partial charge is 0.0145 e. The van der Waals surface area contributed by atoms with Gasteiger partial charge in [-0.05, 0) is 50.7 Å². The van der Waals surface area contributed by atoms with E-state index < -0.39 is 0 Å². The molecule has 17 heavy (non-hydrogen) atoms. The molecule has 2 aliphatic heterocycles. The number of rotatable bonds is 3. The maximum atomic E-state index is 3.64. The Kier molecular flexibility index (Phi) is 4.54. The molecule has 3 heteroatoms. The molecule has 0 spiro atoms. The molecule has 2 atom stereocenters. The van der Waals surface area contributed by atoms with Crippen LogP contribution in [0.5, 0.6) is 0 Å². The summed E-state index contributed by atoms with van der Waals surface area (Å²) in [7, 11) is 2.31. The fourth-order valence-corrected chi connectivity index (χ4v) is 3.70. The molecule has 0 amide bonds. The van der Waals surface area contributed by atoms with Crippen LogP contribution in [0.1, 0.15) is 33.1 Å². The van der Waals surface area contributed by atoms with E-state index in [1.165, 1.54) is 45.4 Å². The van der Waals surface area contributed by atoms with Crippen molar-refractivity contribution in [3.05, 3.63) is 0 Å². The zero-order chi connectivity index (χ0) is 12.5. The average Bonchev–Trinajstić information content (AvgIpc) is 2.29. The molecular formula is C14H27BrN2. The number of likely N-dealkylation sites (tertiary alicyclic amines) is 2. The monoisotopic (exact) mass is 302 g/mol. The summed E-state index contributed by atoms with van der Waals surface area (Å²) in [6.07, 6.45) is 4.22. The van der Waals surface area contributed by atoms with Gasteiger partial charge in [-0.15, -0.1) is 0 Å². The Bertz CT molecular complexity index is 255. The maximum absolute atomic E-state index is 3.64. The van der Waals surface area contributed by atoms with E-state index in [9.17, 15) is 0 Å². The minimum absolute atomic E-state index is 0.410. The van der Waals surface area contributed by atoms with Crippen LogP contribution in [-0.2, 0) is 0 Å². The summed E-state index contributed by atoms with van der Waals surface area (Å²) in [5, 5.41) is 1.10. The van der Waals surface area contributed by atoms with Gasteiger partial charge < -0.3 is 9.80 Å². The molecule has 0 N–H and O–H groups in total. The first-order valence-electron chi connectivity index (χ1n) is 7.00. The van der Waals surface area contributed by atoms with Crippen molar-refractivity contribution in [2.24, 2.45) is 11.3 Å². The average molecular weight is 303 g/mol. The summed E-state index contributed by atoms with van der Waals surface area (Å²) in [4.78, 5) is 5.29. The second-order valence-electron chi connectivity index (χ2n) is 6.77. The summed E-state index contributed by atoms with van der Waals surface area (Å²) >= 11 is 3.64. The SMILES string of the molecule is CN1CCCC2CN(CC(C)(C)CBr)CCC21. The van der Waals surface area contributed by atoms with Crippen molar-refractivity contribution in [2.45, 2.75) is 39.2 Å². The molecular weight excluding hydrogens is 276 g/mol. The lowest BCUT2D eigenvalue weighted by Crippen LogP contribution is -2.54. The summed E-state index contributed by atoms with van der Waals surface area (Å²) in [6, 6.07) is 0.868. The van der Waals surface area contributed by atoms with Gasteiger partial charge in [-0.25, -0.2) is 0 Å². The predicted molar refractivity (Wildman–Crippen MR) is 77.8 cm³/mol. The molecule has 0 aliphatic carbocycles. The highest BCUT2D eigenvalue weighted by atomic mass is 79.9. The summed E-state index contributed by atoms with van der Waals surface area (Å²) in [5.41, 5.74) is 0.410. The van der Waals surface area contributed by atoms with Crippen molar-refractivity contribution in [1.82, 2.24) is 9.80 Å². The first-order chi connectivity index (χ1) is 8.02. The highest BCUT2D eigenvalue weighted by molar-refractivity contribution is 9.09. The molecule has 0 aromatic carbocycles. The molecule has 0 saturated carbocycles. The van der Waals surface area contributed by atoms with Gasteiger partial charge in [-0.1, -0.05) is 29.8 Å². The molecule has 0 bridgehead atoms. The van der Waals surface area contributed by atoms with Crippen LogP contribution in [0, 0.1) is 11.3 Å². The number of nitrogens with zero attached hydrogens (tertiary/aromatic N) is 2. The standard InChI is InChI=1S/C14H27BrN2/c1-14(2,10-15)11-17-8-6-13-12(9-17)5-4-7-16(13)3/h12-13H,4-11H2,1-3H3. The fourth-order valence-electron chi connectivity index (χ4n) is 3.52. The third-order valence-corrected chi connectivity index (χ3v) is 5.96. The van der Waals surface area contributed by atoms with E-state index in [2.05, 4.69) is 46.6 Å². The molecule has 2 heterocycles. The second-order valence-corrected chi connectivity index (χ2v) is 7.33. The van der Waals surface area contributed by atoms with Gasteiger partial charge >= 0.3 is 0 Å². The molecule has 0 radical (unpaired) electrons. The predicted octanol–water partition coefficient (Wildman–Crippen LogP) is 2.82. The van der Waals surface area contributed by atoms with Crippen LogP contribution in [0.3, 0.4) is 0 Å². The molecule has 0 aromatic heterocycles. The Labute approximate surface area is 115 Å². The van der Waals surface area contributed by atoms with Crippen LogP contribution < -0.4 is 0 Å². The van der Waals surface area contributed by atoms with Crippen molar-refractivity contribution in [1.29, 1.82) is 0 Å². The van der Waals surface area contributed by atoms with Crippen LogP contribution >= 0.6 is 15.9 Å². The normalized spacial score (nSPS) is 32.5. The van der Waals surface area contributed by atoms with Gasteiger partial charge in [-0.2, -0.15) is 0 Å².